The van der Waals surface area contributed by atoms with E-state index in [1.54, 1.807) is 11.3 Å². The lowest BCUT2D eigenvalue weighted by atomic mass is 10.1. The van der Waals surface area contributed by atoms with E-state index >= 15 is 0 Å². The molecular weight excluding hydrogens is 192 g/mol. The second-order valence-electron chi connectivity index (χ2n) is 3.43. The quantitative estimate of drug-likeness (QED) is 0.791. The van der Waals surface area contributed by atoms with Crippen molar-refractivity contribution in [2.45, 2.75) is 13.0 Å². The number of benzene rings is 1. The molecule has 14 heavy (non-hydrogen) atoms. The van der Waals surface area contributed by atoms with Gasteiger partial charge in [0.05, 0.1) is 6.04 Å². The number of thiophene rings is 1. The van der Waals surface area contributed by atoms with Gasteiger partial charge in [0.15, 0.2) is 0 Å². The van der Waals surface area contributed by atoms with Gasteiger partial charge < -0.3 is 11.5 Å². The molecule has 0 aliphatic rings. The van der Waals surface area contributed by atoms with Crippen molar-refractivity contribution in [3.8, 4) is 0 Å². The zero-order valence-electron chi connectivity index (χ0n) is 8.16. The van der Waals surface area contributed by atoms with E-state index in [1.807, 2.05) is 0 Å². The summed E-state index contributed by atoms with van der Waals surface area (Å²) in [6, 6.07) is 8.34. The Morgan fingerprint density at radius 1 is 1.36 bits per heavy atom. The first-order valence-corrected chi connectivity index (χ1v) is 5.49. The van der Waals surface area contributed by atoms with E-state index in [9.17, 15) is 0 Å². The first kappa shape index (κ1) is 9.65. The van der Waals surface area contributed by atoms with Crippen molar-refractivity contribution in [2.75, 3.05) is 6.54 Å². The Morgan fingerprint density at radius 3 is 2.71 bits per heavy atom. The molecule has 0 fully saturated rings. The minimum Gasteiger partial charge on any atom is -0.329 e. The Morgan fingerprint density at radius 2 is 2.07 bits per heavy atom. The molecule has 2 nitrogen and oxygen atoms in total. The van der Waals surface area contributed by atoms with Crippen LogP contribution in [-0.2, 0) is 0 Å². The van der Waals surface area contributed by atoms with Gasteiger partial charge in [-0.15, -0.1) is 11.3 Å². The third-order valence-corrected chi connectivity index (χ3v) is 3.88. The van der Waals surface area contributed by atoms with Crippen molar-refractivity contribution < 1.29 is 0 Å². The maximum absolute atomic E-state index is 5.94. The zero-order chi connectivity index (χ0) is 10.1. The maximum atomic E-state index is 5.94. The minimum absolute atomic E-state index is 0.0209. The van der Waals surface area contributed by atoms with E-state index in [2.05, 4.69) is 31.2 Å². The topological polar surface area (TPSA) is 52.0 Å². The van der Waals surface area contributed by atoms with Gasteiger partial charge >= 0.3 is 0 Å². The molecule has 0 aliphatic carbocycles. The van der Waals surface area contributed by atoms with Gasteiger partial charge in [0.1, 0.15) is 0 Å². The summed E-state index contributed by atoms with van der Waals surface area (Å²) in [7, 11) is 0. The van der Waals surface area contributed by atoms with Gasteiger partial charge in [0.25, 0.3) is 0 Å². The third-order valence-electron chi connectivity index (χ3n) is 2.47. The monoisotopic (exact) mass is 206 g/mol. The second kappa shape index (κ2) is 3.69. The molecular formula is C11H14N2S. The minimum atomic E-state index is -0.0209. The van der Waals surface area contributed by atoms with E-state index in [1.165, 1.54) is 20.5 Å². The fourth-order valence-electron chi connectivity index (χ4n) is 1.65. The van der Waals surface area contributed by atoms with Gasteiger partial charge in [-0.3, -0.25) is 0 Å². The fraction of sp³-hybridized carbons (Fsp3) is 0.273. The molecule has 0 aliphatic heterocycles. The molecule has 0 spiro atoms. The highest BCUT2D eigenvalue weighted by molar-refractivity contribution is 7.19. The molecule has 4 N–H and O–H groups in total. The SMILES string of the molecule is Cc1c(C(N)CN)sc2ccccc12. The summed E-state index contributed by atoms with van der Waals surface area (Å²) in [5, 5.41) is 1.30. The highest BCUT2D eigenvalue weighted by Crippen LogP contribution is 2.33. The summed E-state index contributed by atoms with van der Waals surface area (Å²) in [5.41, 5.74) is 12.8. The van der Waals surface area contributed by atoms with Gasteiger partial charge in [0.2, 0.25) is 0 Å². The average molecular weight is 206 g/mol. The van der Waals surface area contributed by atoms with E-state index < -0.39 is 0 Å². The summed E-state index contributed by atoms with van der Waals surface area (Å²) >= 11 is 1.75. The molecule has 3 heteroatoms. The van der Waals surface area contributed by atoms with Crippen molar-refractivity contribution in [3.63, 3.8) is 0 Å². The summed E-state index contributed by atoms with van der Waals surface area (Å²) in [6.45, 7) is 2.62. The number of fused-ring (bicyclic) bond motifs is 1. The maximum Gasteiger partial charge on any atom is 0.0517 e. The van der Waals surface area contributed by atoms with E-state index in [-0.39, 0.29) is 6.04 Å². The lowest BCUT2D eigenvalue weighted by Crippen LogP contribution is -2.20. The van der Waals surface area contributed by atoms with Crippen molar-refractivity contribution in [1.29, 1.82) is 0 Å². The Labute approximate surface area is 87.5 Å². The van der Waals surface area contributed by atoms with Gasteiger partial charge in [-0.05, 0) is 23.9 Å². The zero-order valence-corrected chi connectivity index (χ0v) is 8.97. The van der Waals surface area contributed by atoms with Crippen LogP contribution in [0.15, 0.2) is 24.3 Å². The number of aryl methyl sites for hydroxylation is 1. The van der Waals surface area contributed by atoms with Gasteiger partial charge in [-0.2, -0.15) is 0 Å². The molecule has 2 aromatic rings. The van der Waals surface area contributed by atoms with E-state index in [0.717, 1.165) is 0 Å². The van der Waals surface area contributed by atoms with Crippen LogP contribution < -0.4 is 11.5 Å². The Kier molecular flexibility index (Phi) is 2.54. The van der Waals surface area contributed by atoms with Crippen LogP contribution in [0.25, 0.3) is 10.1 Å². The molecule has 0 radical (unpaired) electrons. The van der Waals surface area contributed by atoms with Crippen LogP contribution in [0.2, 0.25) is 0 Å². The lowest BCUT2D eigenvalue weighted by Gasteiger charge is -2.06. The molecule has 1 atom stereocenters. The predicted molar refractivity (Wildman–Crippen MR) is 62.5 cm³/mol. The summed E-state index contributed by atoms with van der Waals surface area (Å²) < 4.78 is 1.30. The largest absolute Gasteiger partial charge is 0.329 e. The number of hydrogen-bond acceptors (Lipinski definition) is 3. The molecule has 0 bridgehead atoms. The summed E-state index contributed by atoms with van der Waals surface area (Å²) in [6.07, 6.45) is 0. The van der Waals surface area contributed by atoms with Crippen LogP contribution in [0.1, 0.15) is 16.5 Å². The number of nitrogens with two attached hydrogens (primary N) is 2. The number of hydrogen-bond donors (Lipinski definition) is 2. The Balaban J connectivity index is 2.62. The standard InChI is InChI=1S/C11H14N2S/c1-7-8-4-2-3-5-10(8)14-11(7)9(13)6-12/h2-5,9H,6,12-13H2,1H3. The molecule has 1 heterocycles. The molecule has 1 aromatic heterocycles. The van der Waals surface area contributed by atoms with Crippen molar-refractivity contribution in [3.05, 3.63) is 34.7 Å². The van der Waals surface area contributed by atoms with Crippen molar-refractivity contribution >= 4 is 21.4 Å². The van der Waals surface area contributed by atoms with Gasteiger partial charge in [0, 0.05) is 16.1 Å². The first-order valence-electron chi connectivity index (χ1n) is 4.67. The smallest absolute Gasteiger partial charge is 0.0517 e. The Bertz CT molecular complexity index is 447. The van der Waals surface area contributed by atoms with Crippen LogP contribution >= 0.6 is 11.3 Å². The van der Waals surface area contributed by atoms with E-state index in [0.29, 0.717) is 6.54 Å². The van der Waals surface area contributed by atoms with Crippen LogP contribution in [0, 0.1) is 6.92 Å². The van der Waals surface area contributed by atoms with Crippen LogP contribution in [0.3, 0.4) is 0 Å². The number of rotatable bonds is 2. The van der Waals surface area contributed by atoms with E-state index in [4.69, 9.17) is 11.5 Å². The normalized spacial score (nSPS) is 13.4. The third kappa shape index (κ3) is 1.43. The second-order valence-corrected chi connectivity index (χ2v) is 4.51. The fourth-order valence-corrected chi connectivity index (χ4v) is 2.88. The van der Waals surface area contributed by atoms with Crippen LogP contribution in [0.5, 0.6) is 0 Å². The average Bonchev–Trinajstić information content (AvgIpc) is 2.56. The van der Waals surface area contributed by atoms with Crippen LogP contribution in [0.4, 0.5) is 0 Å². The molecule has 2 rings (SSSR count). The lowest BCUT2D eigenvalue weighted by molar-refractivity contribution is 0.748. The molecule has 0 saturated heterocycles. The highest BCUT2D eigenvalue weighted by atomic mass is 32.1. The molecule has 1 aromatic carbocycles. The summed E-state index contributed by atoms with van der Waals surface area (Å²) in [5.74, 6) is 0. The summed E-state index contributed by atoms with van der Waals surface area (Å²) in [4.78, 5) is 1.22. The van der Waals surface area contributed by atoms with Gasteiger partial charge in [-0.25, -0.2) is 0 Å². The Hall–Kier alpha value is -0.900. The van der Waals surface area contributed by atoms with Crippen molar-refractivity contribution in [1.82, 2.24) is 0 Å². The molecule has 0 saturated carbocycles. The predicted octanol–water partition coefficient (Wildman–Crippen LogP) is 2.17. The molecule has 74 valence electrons. The van der Waals surface area contributed by atoms with Crippen LogP contribution in [-0.4, -0.2) is 6.54 Å². The first-order chi connectivity index (χ1) is 6.74. The highest BCUT2D eigenvalue weighted by Gasteiger charge is 2.12. The molecule has 1 unspecified atom stereocenters. The van der Waals surface area contributed by atoms with Crippen molar-refractivity contribution in [2.24, 2.45) is 11.5 Å². The molecule has 0 amide bonds. The van der Waals surface area contributed by atoms with Gasteiger partial charge in [-0.1, -0.05) is 18.2 Å².